The van der Waals surface area contributed by atoms with E-state index in [0.717, 1.165) is 0 Å². The number of hydrogen-bond donors (Lipinski definition) is 0. The fourth-order valence-electron chi connectivity index (χ4n) is 2.90. The van der Waals surface area contributed by atoms with Crippen LogP contribution in [0.4, 0.5) is 0 Å². The number of cyclic esters (lactones) is 2. The van der Waals surface area contributed by atoms with E-state index in [2.05, 4.69) is 0 Å². The van der Waals surface area contributed by atoms with E-state index in [1.54, 1.807) is 20.8 Å². The van der Waals surface area contributed by atoms with Crippen LogP contribution in [0.5, 0.6) is 0 Å². The Hall–Kier alpha value is -0.910. The third kappa shape index (κ3) is 2.74. The van der Waals surface area contributed by atoms with Crippen molar-refractivity contribution in [3.63, 3.8) is 0 Å². The Balaban J connectivity index is 2.32. The second-order valence-electron chi connectivity index (χ2n) is 5.22. The number of hydrogen-bond acceptors (Lipinski definition) is 7. The van der Waals surface area contributed by atoms with Crippen molar-refractivity contribution in [2.24, 2.45) is 5.41 Å². The smallest absolute Gasteiger partial charge is 0.344 e. The summed E-state index contributed by atoms with van der Waals surface area (Å²) < 4.78 is 33.6. The maximum absolute atomic E-state index is 12.8. The van der Waals surface area contributed by atoms with Gasteiger partial charge >= 0.3 is 19.5 Å². The van der Waals surface area contributed by atoms with E-state index in [4.69, 9.17) is 18.5 Å². The van der Waals surface area contributed by atoms with E-state index in [1.165, 1.54) is 0 Å². The molecule has 1 spiro atoms. The molecule has 8 heteroatoms. The van der Waals surface area contributed by atoms with E-state index in [-0.39, 0.29) is 26.2 Å². The van der Waals surface area contributed by atoms with Gasteiger partial charge in [0.2, 0.25) is 0 Å². The lowest BCUT2D eigenvalue weighted by Gasteiger charge is -2.40. The van der Waals surface area contributed by atoms with Gasteiger partial charge in [-0.3, -0.25) is 14.2 Å². The minimum atomic E-state index is -3.66. The van der Waals surface area contributed by atoms with Crippen LogP contribution in [0.15, 0.2) is 0 Å². The van der Waals surface area contributed by atoms with Crippen LogP contribution in [-0.4, -0.2) is 43.5 Å². The first kappa shape index (κ1) is 16.5. The Kier molecular flexibility index (Phi) is 4.76. The molecule has 0 bridgehead atoms. The molecule has 2 heterocycles. The van der Waals surface area contributed by atoms with Crippen molar-refractivity contribution in [1.82, 2.24) is 0 Å². The first-order chi connectivity index (χ1) is 9.89. The van der Waals surface area contributed by atoms with Crippen molar-refractivity contribution in [3.05, 3.63) is 0 Å². The molecule has 21 heavy (non-hydrogen) atoms. The van der Waals surface area contributed by atoms with Gasteiger partial charge in [-0.25, -0.2) is 0 Å². The van der Waals surface area contributed by atoms with Crippen LogP contribution in [0.3, 0.4) is 0 Å². The van der Waals surface area contributed by atoms with Gasteiger partial charge in [-0.1, -0.05) is 0 Å². The Morgan fingerprint density at radius 1 is 1.29 bits per heavy atom. The second-order valence-corrected chi connectivity index (χ2v) is 7.44. The van der Waals surface area contributed by atoms with Gasteiger partial charge < -0.3 is 18.5 Å². The Morgan fingerprint density at radius 2 is 1.90 bits per heavy atom. The Labute approximate surface area is 123 Å². The number of carbonyl (C=O) groups is 2. The third-order valence-corrected chi connectivity index (χ3v) is 6.48. The topological polar surface area (TPSA) is 88.1 Å². The molecule has 2 fully saturated rings. The molecule has 0 amide bonds. The lowest BCUT2D eigenvalue weighted by atomic mass is 9.75. The molecule has 0 aromatic carbocycles. The van der Waals surface area contributed by atoms with Crippen LogP contribution >= 0.6 is 7.60 Å². The molecule has 0 saturated carbocycles. The minimum absolute atomic E-state index is 0.0725. The van der Waals surface area contributed by atoms with Crippen LogP contribution in [0.25, 0.3) is 0 Å². The van der Waals surface area contributed by atoms with Crippen molar-refractivity contribution in [3.8, 4) is 0 Å². The average Bonchev–Trinajstić information content (AvgIpc) is 2.77. The monoisotopic (exact) mass is 320 g/mol. The lowest BCUT2D eigenvalue weighted by molar-refractivity contribution is -0.172. The highest BCUT2D eigenvalue weighted by Crippen LogP contribution is 2.60. The largest absolute Gasteiger partial charge is 0.465 e. The van der Waals surface area contributed by atoms with E-state index in [1.807, 2.05) is 0 Å². The molecule has 1 unspecified atom stereocenters. The number of esters is 2. The summed E-state index contributed by atoms with van der Waals surface area (Å²) in [7, 11) is -3.66. The van der Waals surface area contributed by atoms with Crippen molar-refractivity contribution in [1.29, 1.82) is 0 Å². The summed E-state index contributed by atoms with van der Waals surface area (Å²) in [6, 6.07) is 0. The third-order valence-electron chi connectivity index (χ3n) is 4.09. The summed E-state index contributed by atoms with van der Waals surface area (Å²) in [6.45, 7) is 5.57. The number of ether oxygens (including phenoxy) is 2. The first-order valence-electron chi connectivity index (χ1n) is 7.16. The molecular weight excluding hydrogens is 299 g/mol. The van der Waals surface area contributed by atoms with Gasteiger partial charge in [0.05, 0.1) is 19.8 Å². The van der Waals surface area contributed by atoms with Crippen LogP contribution in [0.2, 0.25) is 0 Å². The molecule has 0 aliphatic carbocycles. The fraction of sp³-hybridized carbons (Fsp3) is 0.846. The van der Waals surface area contributed by atoms with Crippen LogP contribution < -0.4 is 0 Å². The molecule has 2 rings (SSSR count). The molecule has 2 aliphatic rings. The summed E-state index contributed by atoms with van der Waals surface area (Å²) in [5.74, 6) is -1.05. The molecule has 2 aliphatic heterocycles. The van der Waals surface area contributed by atoms with Gasteiger partial charge in [-0.05, 0) is 27.2 Å². The maximum atomic E-state index is 12.8. The SMILES string of the molecule is CCOP(=O)(OCC)C1C[C@]2(CCOC2=O)[C@H](C)OC1=O. The molecular formula is C13H21O7P. The summed E-state index contributed by atoms with van der Waals surface area (Å²) in [4.78, 5) is 24.2. The van der Waals surface area contributed by atoms with Gasteiger partial charge in [0.15, 0.2) is 5.66 Å². The van der Waals surface area contributed by atoms with Crippen LogP contribution in [0, 0.1) is 5.41 Å². The zero-order valence-corrected chi connectivity index (χ0v) is 13.4. The molecule has 0 aromatic heterocycles. The zero-order chi connectivity index (χ0) is 15.7. The zero-order valence-electron chi connectivity index (χ0n) is 12.5. The van der Waals surface area contributed by atoms with Gasteiger partial charge in [0.1, 0.15) is 11.5 Å². The van der Waals surface area contributed by atoms with Crippen molar-refractivity contribution < 1.29 is 32.7 Å². The molecule has 0 N–H and O–H groups in total. The van der Waals surface area contributed by atoms with E-state index in [9.17, 15) is 14.2 Å². The second kappa shape index (κ2) is 6.07. The fourth-order valence-corrected chi connectivity index (χ4v) is 4.93. The van der Waals surface area contributed by atoms with Crippen molar-refractivity contribution >= 4 is 19.5 Å². The normalized spacial score (nSPS) is 33.1. The summed E-state index contributed by atoms with van der Waals surface area (Å²) in [5.41, 5.74) is -2.03. The van der Waals surface area contributed by atoms with Gasteiger partial charge in [0, 0.05) is 6.42 Å². The predicted molar refractivity (Wildman–Crippen MR) is 72.8 cm³/mol. The highest BCUT2D eigenvalue weighted by atomic mass is 31.2. The number of carbonyl (C=O) groups excluding carboxylic acids is 2. The molecule has 120 valence electrons. The average molecular weight is 320 g/mol. The number of rotatable bonds is 5. The summed E-state index contributed by atoms with van der Waals surface area (Å²) in [5, 5.41) is 0. The summed E-state index contributed by atoms with van der Waals surface area (Å²) >= 11 is 0. The van der Waals surface area contributed by atoms with Crippen molar-refractivity contribution in [2.75, 3.05) is 19.8 Å². The van der Waals surface area contributed by atoms with E-state index < -0.39 is 36.7 Å². The van der Waals surface area contributed by atoms with Crippen LogP contribution in [0.1, 0.15) is 33.6 Å². The molecule has 0 aromatic rings. The highest BCUT2D eigenvalue weighted by molar-refractivity contribution is 7.55. The molecule has 2 saturated heterocycles. The quantitative estimate of drug-likeness (QED) is 0.564. The minimum Gasteiger partial charge on any atom is -0.465 e. The van der Waals surface area contributed by atoms with Gasteiger partial charge in [-0.2, -0.15) is 0 Å². The predicted octanol–water partition coefficient (Wildman–Crippen LogP) is 1.89. The van der Waals surface area contributed by atoms with Crippen molar-refractivity contribution in [2.45, 2.75) is 45.4 Å². The van der Waals surface area contributed by atoms with Crippen LogP contribution in [-0.2, 0) is 32.7 Å². The highest BCUT2D eigenvalue weighted by Gasteiger charge is 2.60. The van der Waals surface area contributed by atoms with E-state index in [0.29, 0.717) is 6.42 Å². The van der Waals surface area contributed by atoms with E-state index >= 15 is 0 Å². The standard InChI is InChI=1S/C13H21O7P/c1-4-18-21(16,19-5-2)10-8-13(6-7-17-12(13)15)9(3)20-11(10)14/h9-10H,4-8H2,1-3H3/t9-,10?,13+/m0/s1. The lowest BCUT2D eigenvalue weighted by Crippen LogP contribution is -2.50. The molecule has 7 nitrogen and oxygen atoms in total. The van der Waals surface area contributed by atoms with Gasteiger partial charge in [0.25, 0.3) is 0 Å². The Morgan fingerprint density at radius 3 is 2.38 bits per heavy atom. The van der Waals surface area contributed by atoms with Gasteiger partial charge in [-0.15, -0.1) is 0 Å². The Bertz CT molecular complexity index is 467. The molecule has 0 radical (unpaired) electrons. The summed E-state index contributed by atoms with van der Waals surface area (Å²) in [6.07, 6.45) is -0.0917. The molecule has 3 atom stereocenters. The maximum Gasteiger partial charge on any atom is 0.344 e. The first-order valence-corrected chi connectivity index (χ1v) is 8.77.